The second-order valence-corrected chi connectivity index (χ2v) is 7.84. The normalized spacial score (nSPS) is 21.7. The minimum Gasteiger partial charge on any atom is -0.494 e. The van der Waals surface area contributed by atoms with E-state index in [1.54, 1.807) is 18.3 Å². The number of carbonyl (C=O) groups excluding carboxylic acids is 1. The summed E-state index contributed by atoms with van der Waals surface area (Å²) < 4.78 is 18.9. The largest absolute Gasteiger partial charge is 0.494 e. The van der Waals surface area contributed by atoms with E-state index in [2.05, 4.69) is 9.88 Å². The summed E-state index contributed by atoms with van der Waals surface area (Å²) in [5.41, 5.74) is 2.07. The van der Waals surface area contributed by atoms with Gasteiger partial charge in [0, 0.05) is 51.5 Å². The van der Waals surface area contributed by atoms with Crippen molar-refractivity contribution < 1.29 is 13.9 Å². The zero-order valence-corrected chi connectivity index (χ0v) is 16.2. The number of hydrogen-bond donors (Lipinski definition) is 0. The third kappa shape index (κ3) is 4.17. The van der Waals surface area contributed by atoms with Crippen LogP contribution in [-0.2, 0) is 17.8 Å². The number of fused-ring (bicyclic) bond motifs is 1. The maximum Gasteiger partial charge on any atom is 0.222 e. The first-order valence-corrected chi connectivity index (χ1v) is 9.84. The van der Waals surface area contributed by atoms with Gasteiger partial charge < -0.3 is 9.64 Å². The van der Waals surface area contributed by atoms with Crippen LogP contribution in [0.3, 0.4) is 0 Å². The molecular formula is C22H26FN3O2. The van der Waals surface area contributed by atoms with Crippen LogP contribution in [-0.4, -0.2) is 54.0 Å². The molecule has 0 unspecified atom stereocenters. The van der Waals surface area contributed by atoms with Gasteiger partial charge in [0.1, 0.15) is 0 Å². The smallest absolute Gasteiger partial charge is 0.222 e. The van der Waals surface area contributed by atoms with Gasteiger partial charge in [-0.2, -0.15) is 0 Å². The van der Waals surface area contributed by atoms with Crippen LogP contribution in [0.5, 0.6) is 5.75 Å². The van der Waals surface area contributed by atoms with E-state index >= 15 is 0 Å². The molecule has 2 aliphatic heterocycles. The lowest BCUT2D eigenvalue weighted by molar-refractivity contribution is -0.130. The second kappa shape index (κ2) is 8.27. The van der Waals surface area contributed by atoms with E-state index in [9.17, 15) is 9.18 Å². The van der Waals surface area contributed by atoms with Crippen LogP contribution in [0.1, 0.15) is 17.5 Å². The van der Waals surface area contributed by atoms with Gasteiger partial charge in [0.15, 0.2) is 11.6 Å². The van der Waals surface area contributed by atoms with Gasteiger partial charge in [-0.15, -0.1) is 0 Å². The van der Waals surface area contributed by atoms with Crippen LogP contribution < -0.4 is 4.74 Å². The highest BCUT2D eigenvalue weighted by Crippen LogP contribution is 2.32. The number of halogens is 1. The van der Waals surface area contributed by atoms with Crippen molar-refractivity contribution in [3.05, 3.63) is 59.7 Å². The van der Waals surface area contributed by atoms with Gasteiger partial charge in [0.05, 0.1) is 7.11 Å². The maximum absolute atomic E-state index is 13.9. The molecule has 0 spiro atoms. The van der Waals surface area contributed by atoms with E-state index in [4.69, 9.17) is 4.74 Å². The predicted molar refractivity (Wildman–Crippen MR) is 104 cm³/mol. The van der Waals surface area contributed by atoms with E-state index in [0.29, 0.717) is 18.3 Å². The summed E-state index contributed by atoms with van der Waals surface area (Å²) in [6, 6.07) is 9.08. The molecule has 148 valence electrons. The van der Waals surface area contributed by atoms with Gasteiger partial charge >= 0.3 is 0 Å². The molecule has 5 nitrogen and oxygen atoms in total. The van der Waals surface area contributed by atoms with Crippen molar-refractivity contribution in [2.24, 2.45) is 11.8 Å². The van der Waals surface area contributed by atoms with Crippen molar-refractivity contribution in [3.8, 4) is 5.75 Å². The van der Waals surface area contributed by atoms with Crippen LogP contribution in [0.2, 0.25) is 0 Å². The van der Waals surface area contributed by atoms with Crippen molar-refractivity contribution >= 4 is 5.91 Å². The number of aryl methyl sites for hydroxylation is 1. The molecule has 1 aromatic carbocycles. The molecule has 0 bridgehead atoms. The van der Waals surface area contributed by atoms with Crippen LogP contribution in [0, 0.1) is 17.7 Å². The van der Waals surface area contributed by atoms with Crippen molar-refractivity contribution in [3.63, 3.8) is 0 Å². The lowest BCUT2D eigenvalue weighted by Gasteiger charge is -2.22. The Bertz CT molecular complexity index is 816. The number of amides is 1. The number of nitrogens with zero attached hydrogens (tertiary/aromatic N) is 3. The number of likely N-dealkylation sites (tertiary alicyclic amines) is 2. The molecular weight excluding hydrogens is 357 g/mol. The fourth-order valence-corrected chi connectivity index (χ4v) is 4.44. The SMILES string of the molecule is COc1ccc(CN2C[C@@H]3CN(C(=O)CCc4cccnc4)C[C@H]3C2)cc1F. The number of rotatable bonds is 6. The Labute approximate surface area is 165 Å². The Balaban J connectivity index is 1.26. The van der Waals surface area contributed by atoms with Crippen LogP contribution in [0.25, 0.3) is 0 Å². The molecule has 2 aliphatic rings. The minimum atomic E-state index is -0.315. The fourth-order valence-electron chi connectivity index (χ4n) is 4.44. The molecule has 28 heavy (non-hydrogen) atoms. The monoisotopic (exact) mass is 383 g/mol. The number of hydrogen-bond acceptors (Lipinski definition) is 4. The highest BCUT2D eigenvalue weighted by molar-refractivity contribution is 5.76. The number of ether oxygens (including phenoxy) is 1. The molecule has 1 aromatic heterocycles. The average Bonchev–Trinajstić information content (AvgIpc) is 3.26. The topological polar surface area (TPSA) is 45.7 Å². The van der Waals surface area contributed by atoms with Gasteiger partial charge in [-0.25, -0.2) is 4.39 Å². The van der Waals surface area contributed by atoms with Crippen molar-refractivity contribution in [2.75, 3.05) is 33.3 Å². The molecule has 0 aliphatic carbocycles. The molecule has 4 rings (SSSR count). The molecule has 0 N–H and O–H groups in total. The molecule has 6 heteroatoms. The molecule has 3 heterocycles. The summed E-state index contributed by atoms with van der Waals surface area (Å²) in [5, 5.41) is 0. The van der Waals surface area contributed by atoms with E-state index in [1.807, 2.05) is 29.3 Å². The molecule has 2 atom stereocenters. The number of pyridine rings is 1. The summed E-state index contributed by atoms with van der Waals surface area (Å²) in [6.07, 6.45) is 4.86. The summed E-state index contributed by atoms with van der Waals surface area (Å²) in [7, 11) is 1.48. The van der Waals surface area contributed by atoms with Gasteiger partial charge in [-0.05, 0) is 47.6 Å². The van der Waals surface area contributed by atoms with Crippen LogP contribution in [0.4, 0.5) is 4.39 Å². The van der Waals surface area contributed by atoms with Crippen molar-refractivity contribution in [1.29, 1.82) is 0 Å². The summed E-state index contributed by atoms with van der Waals surface area (Å²) >= 11 is 0. The first-order valence-electron chi connectivity index (χ1n) is 9.84. The molecule has 2 saturated heterocycles. The van der Waals surface area contributed by atoms with Crippen molar-refractivity contribution in [2.45, 2.75) is 19.4 Å². The number of carbonyl (C=O) groups is 1. The zero-order chi connectivity index (χ0) is 19.5. The second-order valence-electron chi connectivity index (χ2n) is 7.84. The quantitative estimate of drug-likeness (QED) is 0.770. The fraction of sp³-hybridized carbons (Fsp3) is 0.455. The average molecular weight is 383 g/mol. The molecule has 0 radical (unpaired) electrons. The van der Waals surface area contributed by atoms with Gasteiger partial charge in [-0.3, -0.25) is 14.7 Å². The molecule has 2 fully saturated rings. The predicted octanol–water partition coefficient (Wildman–Crippen LogP) is 2.75. The Morgan fingerprint density at radius 1 is 1.18 bits per heavy atom. The van der Waals surface area contributed by atoms with Crippen molar-refractivity contribution in [1.82, 2.24) is 14.8 Å². The van der Waals surface area contributed by atoms with Gasteiger partial charge in [-0.1, -0.05) is 12.1 Å². The Hall–Kier alpha value is -2.47. The number of methoxy groups -OCH3 is 1. The molecule has 0 saturated carbocycles. The maximum atomic E-state index is 13.9. The van der Waals surface area contributed by atoms with Crippen LogP contribution in [0.15, 0.2) is 42.7 Å². The first-order chi connectivity index (χ1) is 13.6. The van der Waals surface area contributed by atoms with Gasteiger partial charge in [0.25, 0.3) is 0 Å². The third-order valence-corrected chi connectivity index (χ3v) is 5.89. The highest BCUT2D eigenvalue weighted by Gasteiger charge is 2.41. The lowest BCUT2D eigenvalue weighted by Crippen LogP contribution is -2.33. The van der Waals surface area contributed by atoms with E-state index in [0.717, 1.165) is 50.3 Å². The van der Waals surface area contributed by atoms with E-state index < -0.39 is 0 Å². The zero-order valence-electron chi connectivity index (χ0n) is 16.2. The molecule has 2 aromatic rings. The number of benzene rings is 1. The minimum absolute atomic E-state index is 0.238. The first kappa shape index (κ1) is 18.9. The Morgan fingerprint density at radius 3 is 2.61 bits per heavy atom. The summed E-state index contributed by atoms with van der Waals surface area (Å²) in [5.74, 6) is 1.24. The van der Waals surface area contributed by atoms with E-state index in [-0.39, 0.29) is 17.5 Å². The lowest BCUT2D eigenvalue weighted by atomic mass is 10.0. The van der Waals surface area contributed by atoms with E-state index in [1.165, 1.54) is 7.11 Å². The summed E-state index contributed by atoms with van der Waals surface area (Å²) in [4.78, 5) is 21.1. The Morgan fingerprint density at radius 2 is 1.96 bits per heavy atom. The third-order valence-electron chi connectivity index (χ3n) is 5.89. The Kier molecular flexibility index (Phi) is 5.57. The highest BCUT2D eigenvalue weighted by atomic mass is 19.1. The van der Waals surface area contributed by atoms with Gasteiger partial charge in [0.2, 0.25) is 5.91 Å². The number of aromatic nitrogens is 1. The molecule has 1 amide bonds. The summed E-state index contributed by atoms with van der Waals surface area (Å²) in [6.45, 7) is 4.34. The van der Waals surface area contributed by atoms with Crippen LogP contribution >= 0.6 is 0 Å². The standard InChI is InChI=1S/C22H26FN3O2/c1-28-21-6-4-17(9-20(21)23)11-25-12-18-14-26(15-19(18)13-25)22(27)7-5-16-3-2-8-24-10-16/h2-4,6,8-10,18-19H,5,7,11-15H2,1H3/t18-,19-/m1/s1.